The lowest BCUT2D eigenvalue weighted by Crippen LogP contribution is -2.24. The van der Waals surface area contributed by atoms with Crippen molar-refractivity contribution in [2.24, 2.45) is 5.92 Å². The van der Waals surface area contributed by atoms with E-state index < -0.39 is 0 Å². The van der Waals surface area contributed by atoms with Gasteiger partial charge >= 0.3 is 0 Å². The lowest BCUT2D eigenvalue weighted by Gasteiger charge is -2.20. The van der Waals surface area contributed by atoms with E-state index in [4.69, 9.17) is 0 Å². The highest BCUT2D eigenvalue weighted by Crippen LogP contribution is 2.36. The summed E-state index contributed by atoms with van der Waals surface area (Å²) in [5.74, 6) is 0.175. The van der Waals surface area contributed by atoms with Gasteiger partial charge in [0.05, 0.1) is 28.1 Å². The first-order valence-electron chi connectivity index (χ1n) is 13.3. The molecule has 0 bridgehead atoms. The van der Waals surface area contributed by atoms with E-state index in [2.05, 4.69) is 66.6 Å². The molecule has 6 aromatic rings. The molecule has 0 spiro atoms. The van der Waals surface area contributed by atoms with E-state index in [0.717, 1.165) is 75.1 Å². The Labute approximate surface area is 228 Å². The molecule has 194 valence electrons. The maximum absolute atomic E-state index is 12.8. The van der Waals surface area contributed by atoms with Crippen molar-refractivity contribution in [3.8, 4) is 33.1 Å². The Morgan fingerprint density at radius 3 is 2.67 bits per heavy atom. The summed E-state index contributed by atoms with van der Waals surface area (Å²) in [6.45, 7) is 2.10. The minimum Gasteiger partial charge on any atom is -0.353 e. The smallest absolute Gasteiger partial charge is 0.227 e. The normalized spacial score (nSPS) is 14.3. The summed E-state index contributed by atoms with van der Waals surface area (Å²) < 4.78 is 0. The average Bonchev–Trinajstić information content (AvgIpc) is 3.71. The van der Waals surface area contributed by atoms with Gasteiger partial charge in [0.25, 0.3) is 0 Å². The van der Waals surface area contributed by atoms with Crippen LogP contribution in [-0.2, 0) is 4.79 Å². The molecule has 8 nitrogen and oxygen atoms in total. The maximum Gasteiger partial charge on any atom is 0.227 e. The zero-order chi connectivity index (χ0) is 26.3. The van der Waals surface area contributed by atoms with Crippen LogP contribution in [0.2, 0.25) is 0 Å². The predicted octanol–water partition coefficient (Wildman–Crippen LogP) is 7.12. The number of H-pyrrole nitrogens is 2. The summed E-state index contributed by atoms with van der Waals surface area (Å²) in [6.07, 6.45) is 12.5. The predicted molar refractivity (Wildman–Crippen MR) is 155 cm³/mol. The third kappa shape index (κ3) is 4.48. The SMILES string of the molecule is Cc1ccc(-c2nccc3[nH]c(-c4n[nH]c5ncc(-c6cncc(NC(=O)C7CCCCC7)c6)cc45)cc23)s1. The number of rotatable bonds is 5. The fourth-order valence-corrected chi connectivity index (χ4v) is 6.36. The molecule has 1 aliphatic rings. The Kier molecular flexibility index (Phi) is 5.93. The van der Waals surface area contributed by atoms with Gasteiger partial charge in [-0.2, -0.15) is 5.10 Å². The molecule has 6 heterocycles. The number of aromatic nitrogens is 6. The van der Waals surface area contributed by atoms with Crippen LogP contribution in [0.25, 0.3) is 55.0 Å². The van der Waals surface area contributed by atoms with Gasteiger partial charge in [-0.1, -0.05) is 19.3 Å². The van der Waals surface area contributed by atoms with Crippen molar-refractivity contribution in [3.63, 3.8) is 0 Å². The minimum atomic E-state index is 0.0877. The van der Waals surface area contributed by atoms with E-state index in [9.17, 15) is 4.79 Å². The highest BCUT2D eigenvalue weighted by molar-refractivity contribution is 7.15. The van der Waals surface area contributed by atoms with Crippen molar-refractivity contribution in [1.82, 2.24) is 30.1 Å². The van der Waals surface area contributed by atoms with Gasteiger partial charge in [0, 0.05) is 56.8 Å². The molecule has 9 heteroatoms. The summed E-state index contributed by atoms with van der Waals surface area (Å²) in [5, 5.41) is 12.7. The highest BCUT2D eigenvalue weighted by Gasteiger charge is 2.21. The van der Waals surface area contributed by atoms with Gasteiger partial charge in [0.1, 0.15) is 5.69 Å². The number of nitrogens with zero attached hydrogens (tertiary/aromatic N) is 4. The fraction of sp³-hybridized carbons (Fsp3) is 0.233. The van der Waals surface area contributed by atoms with Gasteiger partial charge in [-0.3, -0.25) is 19.9 Å². The van der Waals surface area contributed by atoms with Crippen LogP contribution in [0, 0.1) is 12.8 Å². The number of hydrogen-bond acceptors (Lipinski definition) is 6. The van der Waals surface area contributed by atoms with E-state index in [1.165, 1.54) is 11.3 Å². The molecule has 0 atom stereocenters. The second kappa shape index (κ2) is 9.74. The van der Waals surface area contributed by atoms with Crippen LogP contribution in [0.4, 0.5) is 5.69 Å². The molecule has 0 unspecified atom stereocenters. The zero-order valence-electron chi connectivity index (χ0n) is 21.5. The molecule has 39 heavy (non-hydrogen) atoms. The van der Waals surface area contributed by atoms with Gasteiger partial charge < -0.3 is 10.3 Å². The number of thiophene rings is 1. The Hall–Kier alpha value is -4.37. The number of pyridine rings is 3. The molecule has 1 saturated carbocycles. The van der Waals surface area contributed by atoms with Crippen molar-refractivity contribution in [1.29, 1.82) is 0 Å². The van der Waals surface area contributed by atoms with E-state index in [0.29, 0.717) is 11.3 Å². The molecule has 6 aromatic heterocycles. The second-order valence-corrected chi connectivity index (χ2v) is 11.5. The fourth-order valence-electron chi connectivity index (χ4n) is 5.48. The Bertz CT molecular complexity index is 1830. The molecule has 0 saturated heterocycles. The molecular weight excluding hydrogens is 506 g/mol. The second-order valence-electron chi connectivity index (χ2n) is 10.2. The summed E-state index contributed by atoms with van der Waals surface area (Å²) in [4.78, 5) is 32.4. The molecule has 1 fully saturated rings. The number of amides is 1. The number of fused-ring (bicyclic) bond motifs is 2. The Morgan fingerprint density at radius 1 is 0.949 bits per heavy atom. The first-order chi connectivity index (χ1) is 19.1. The van der Waals surface area contributed by atoms with E-state index in [1.807, 2.05) is 18.3 Å². The van der Waals surface area contributed by atoms with Crippen LogP contribution < -0.4 is 5.32 Å². The highest BCUT2D eigenvalue weighted by atomic mass is 32.1. The van der Waals surface area contributed by atoms with Crippen LogP contribution in [-0.4, -0.2) is 36.0 Å². The number of carbonyl (C=O) groups excluding carboxylic acids is 1. The molecule has 0 radical (unpaired) electrons. The molecular formula is C30H27N7OS. The van der Waals surface area contributed by atoms with E-state index in [-0.39, 0.29) is 11.8 Å². The maximum atomic E-state index is 12.8. The molecule has 1 amide bonds. The number of carbonyl (C=O) groups is 1. The van der Waals surface area contributed by atoms with Gasteiger partial charge in [-0.25, -0.2) is 4.98 Å². The Balaban J connectivity index is 1.22. The molecule has 1 aliphatic carbocycles. The summed E-state index contributed by atoms with van der Waals surface area (Å²) in [7, 11) is 0. The number of anilines is 1. The van der Waals surface area contributed by atoms with E-state index in [1.54, 1.807) is 29.9 Å². The topological polar surface area (TPSA) is 112 Å². The number of hydrogen-bond donors (Lipinski definition) is 3. The lowest BCUT2D eigenvalue weighted by molar-refractivity contribution is -0.120. The van der Waals surface area contributed by atoms with Crippen molar-refractivity contribution < 1.29 is 4.79 Å². The Morgan fingerprint density at radius 2 is 1.82 bits per heavy atom. The van der Waals surface area contributed by atoms with Crippen molar-refractivity contribution in [2.45, 2.75) is 39.0 Å². The quantitative estimate of drug-likeness (QED) is 0.218. The van der Waals surface area contributed by atoms with Crippen LogP contribution in [0.1, 0.15) is 37.0 Å². The monoisotopic (exact) mass is 533 g/mol. The van der Waals surface area contributed by atoms with Gasteiger partial charge in [0.15, 0.2) is 5.65 Å². The minimum absolute atomic E-state index is 0.0877. The van der Waals surface area contributed by atoms with E-state index >= 15 is 0 Å². The standard InChI is InChI=1S/C30H27N7OS/c1-17-7-8-26(39-17)28-22-13-25(35-24(22)9-10-32-28)27-23-12-20(15-33-29(23)37-36-27)19-11-21(16-31-14-19)34-30(38)18-5-3-2-4-6-18/h7-16,18,35H,2-6H2,1H3,(H,34,38)(H,33,36,37). The van der Waals surface area contributed by atoms with Crippen molar-refractivity contribution in [2.75, 3.05) is 5.32 Å². The first-order valence-corrected chi connectivity index (χ1v) is 14.1. The molecule has 3 N–H and O–H groups in total. The van der Waals surface area contributed by atoms with Crippen molar-refractivity contribution in [3.05, 3.63) is 66.1 Å². The van der Waals surface area contributed by atoms with Crippen LogP contribution in [0.3, 0.4) is 0 Å². The van der Waals surface area contributed by atoms with Crippen LogP contribution >= 0.6 is 11.3 Å². The van der Waals surface area contributed by atoms with Crippen molar-refractivity contribution >= 4 is 44.9 Å². The third-order valence-corrected chi connectivity index (χ3v) is 8.52. The van der Waals surface area contributed by atoms with Crippen LogP contribution in [0.5, 0.6) is 0 Å². The first kappa shape index (κ1) is 23.7. The number of aromatic amines is 2. The summed E-state index contributed by atoms with van der Waals surface area (Å²) in [6, 6.07) is 12.4. The van der Waals surface area contributed by atoms with Crippen LogP contribution in [0.15, 0.2) is 61.2 Å². The van der Waals surface area contributed by atoms with Gasteiger partial charge in [-0.05, 0) is 56.2 Å². The molecule has 0 aliphatic heterocycles. The average molecular weight is 534 g/mol. The summed E-state index contributed by atoms with van der Waals surface area (Å²) >= 11 is 1.74. The summed E-state index contributed by atoms with van der Waals surface area (Å²) in [5.41, 5.74) is 6.84. The zero-order valence-corrected chi connectivity index (χ0v) is 22.3. The van der Waals surface area contributed by atoms with Gasteiger partial charge in [0.2, 0.25) is 5.91 Å². The number of aryl methyl sites for hydroxylation is 1. The lowest BCUT2D eigenvalue weighted by atomic mass is 9.88. The third-order valence-electron chi connectivity index (χ3n) is 7.51. The number of nitrogens with one attached hydrogen (secondary N) is 3. The van der Waals surface area contributed by atoms with Gasteiger partial charge in [-0.15, -0.1) is 11.3 Å². The largest absolute Gasteiger partial charge is 0.353 e. The molecule has 7 rings (SSSR count). The molecule has 0 aromatic carbocycles.